The van der Waals surface area contributed by atoms with Crippen molar-refractivity contribution >= 4 is 27.0 Å². The van der Waals surface area contributed by atoms with Gasteiger partial charge in [0.1, 0.15) is 0 Å². The Morgan fingerprint density at radius 1 is 1.09 bits per heavy atom. The molecule has 10 heteroatoms. The maximum Gasteiger partial charge on any atom is 0.316 e. The first-order chi connectivity index (χ1) is 15.8. The van der Waals surface area contributed by atoms with Crippen molar-refractivity contribution in [2.24, 2.45) is 5.92 Å². The van der Waals surface area contributed by atoms with Gasteiger partial charge < -0.3 is 14.9 Å². The van der Waals surface area contributed by atoms with Crippen LogP contribution < -0.4 is 16.4 Å². The molecule has 0 radical (unpaired) electrons. The summed E-state index contributed by atoms with van der Waals surface area (Å²) in [6.45, 7) is 3.37. The van der Waals surface area contributed by atoms with E-state index in [9.17, 15) is 22.8 Å². The molecule has 4 rings (SSSR count). The molecule has 2 aromatic carbocycles. The van der Waals surface area contributed by atoms with Gasteiger partial charge in [0.25, 0.3) is 5.91 Å². The normalized spacial score (nSPS) is 15.5. The van der Waals surface area contributed by atoms with Crippen LogP contribution in [-0.4, -0.2) is 47.8 Å². The van der Waals surface area contributed by atoms with Crippen molar-refractivity contribution in [2.45, 2.75) is 31.2 Å². The summed E-state index contributed by atoms with van der Waals surface area (Å²) in [5.41, 5.74) is 0.0182. The molecule has 0 spiro atoms. The van der Waals surface area contributed by atoms with Gasteiger partial charge in [0.05, 0.1) is 15.9 Å². The average molecular weight is 471 g/mol. The van der Waals surface area contributed by atoms with Gasteiger partial charge in [0.2, 0.25) is 10.0 Å². The lowest BCUT2D eigenvalue weighted by Crippen LogP contribution is -2.41. The number of aromatic amines is 1. The van der Waals surface area contributed by atoms with E-state index in [1.807, 2.05) is 0 Å². The Balaban J connectivity index is 1.38. The van der Waals surface area contributed by atoms with E-state index in [4.69, 9.17) is 0 Å². The predicted molar refractivity (Wildman–Crippen MR) is 125 cm³/mol. The molecule has 1 fully saturated rings. The van der Waals surface area contributed by atoms with Crippen molar-refractivity contribution in [2.75, 3.05) is 19.6 Å². The number of piperidine rings is 1. The highest BCUT2D eigenvalue weighted by atomic mass is 32.2. The second-order valence-corrected chi connectivity index (χ2v) is 10.0. The maximum atomic E-state index is 12.8. The van der Waals surface area contributed by atoms with E-state index in [0.29, 0.717) is 60.5 Å². The molecule has 0 unspecified atom stereocenters. The second-order valence-electron chi connectivity index (χ2n) is 8.11. The summed E-state index contributed by atoms with van der Waals surface area (Å²) in [7, 11) is -3.50. The molecule has 0 aliphatic carbocycles. The minimum absolute atomic E-state index is 0.168. The summed E-state index contributed by atoms with van der Waals surface area (Å²) in [6.07, 6.45) is 1.31. The summed E-state index contributed by atoms with van der Waals surface area (Å²) in [4.78, 5) is 39.3. The molecule has 0 bridgehead atoms. The smallest absolute Gasteiger partial charge is 0.316 e. The van der Waals surface area contributed by atoms with E-state index in [2.05, 4.69) is 10.3 Å². The zero-order valence-electron chi connectivity index (χ0n) is 18.3. The van der Waals surface area contributed by atoms with Gasteiger partial charge in [0.15, 0.2) is 0 Å². The third-order valence-corrected chi connectivity index (χ3v) is 7.97. The number of hydrogen-bond donors (Lipinski definition) is 2. The molecule has 1 aromatic heterocycles. The molecule has 33 heavy (non-hydrogen) atoms. The minimum Gasteiger partial charge on any atom is -0.352 e. The zero-order valence-corrected chi connectivity index (χ0v) is 19.1. The quantitative estimate of drug-likeness (QED) is 0.530. The van der Waals surface area contributed by atoms with Crippen molar-refractivity contribution in [1.29, 1.82) is 0 Å². The zero-order chi connectivity index (χ0) is 23.6. The maximum absolute atomic E-state index is 12.8. The van der Waals surface area contributed by atoms with Gasteiger partial charge in [-0.25, -0.2) is 8.42 Å². The van der Waals surface area contributed by atoms with Gasteiger partial charge in [-0.05, 0) is 56.0 Å². The van der Waals surface area contributed by atoms with Gasteiger partial charge in [0, 0.05) is 31.7 Å². The van der Waals surface area contributed by atoms with E-state index in [1.165, 1.54) is 8.87 Å². The number of rotatable bonds is 6. The van der Waals surface area contributed by atoms with Gasteiger partial charge in [-0.3, -0.25) is 14.4 Å². The topological polar surface area (TPSA) is 121 Å². The van der Waals surface area contributed by atoms with Crippen LogP contribution in [0.1, 0.15) is 30.1 Å². The largest absolute Gasteiger partial charge is 0.352 e. The van der Waals surface area contributed by atoms with Crippen LogP contribution in [0.2, 0.25) is 0 Å². The molecule has 1 amide bonds. The number of H-pyrrole nitrogens is 1. The number of nitrogens with zero attached hydrogens (tertiary/aromatic N) is 2. The highest BCUT2D eigenvalue weighted by Gasteiger charge is 2.29. The van der Waals surface area contributed by atoms with Crippen molar-refractivity contribution in [3.63, 3.8) is 0 Å². The molecule has 9 nitrogen and oxygen atoms in total. The van der Waals surface area contributed by atoms with E-state index in [-0.39, 0.29) is 11.8 Å². The highest BCUT2D eigenvalue weighted by molar-refractivity contribution is 7.89. The molecule has 3 aromatic rings. The van der Waals surface area contributed by atoms with Crippen LogP contribution in [0.25, 0.3) is 11.0 Å². The number of hydrogen-bond acceptors (Lipinski definition) is 5. The predicted octanol–water partition coefficient (Wildman–Crippen LogP) is 1.54. The Hall–Kier alpha value is -3.24. The second kappa shape index (κ2) is 9.32. The molecule has 1 saturated heterocycles. The molecule has 174 valence electrons. The van der Waals surface area contributed by atoms with Gasteiger partial charge in [-0.1, -0.05) is 18.2 Å². The van der Waals surface area contributed by atoms with Gasteiger partial charge >= 0.3 is 11.1 Å². The number of carbonyl (C=O) groups excluding carboxylic acids is 1. The third-order valence-electron chi connectivity index (χ3n) is 6.06. The number of aryl methyl sites for hydroxylation is 1. The van der Waals surface area contributed by atoms with E-state index in [0.717, 1.165) is 0 Å². The first kappa shape index (κ1) is 22.9. The molecular formula is C23H26N4O5S. The number of aromatic nitrogens is 2. The number of amides is 1. The van der Waals surface area contributed by atoms with Crippen molar-refractivity contribution in [3.8, 4) is 0 Å². The number of carbonyl (C=O) groups is 1. The third kappa shape index (κ3) is 4.62. The van der Waals surface area contributed by atoms with Crippen LogP contribution >= 0.6 is 0 Å². The van der Waals surface area contributed by atoms with Crippen LogP contribution in [0, 0.1) is 5.92 Å². The van der Waals surface area contributed by atoms with Gasteiger partial charge in [-0.2, -0.15) is 4.31 Å². The first-order valence-electron chi connectivity index (χ1n) is 10.9. The van der Waals surface area contributed by atoms with Crippen LogP contribution in [0.15, 0.2) is 63.0 Å². The number of benzene rings is 2. The monoisotopic (exact) mass is 470 g/mol. The molecule has 0 saturated carbocycles. The van der Waals surface area contributed by atoms with E-state index < -0.39 is 21.1 Å². The average Bonchev–Trinajstić information content (AvgIpc) is 2.84. The Labute approximate surface area is 191 Å². The number of sulfonamides is 1. The standard InChI is InChI=1S/C23H26N4O5S/c1-2-27-20-9-8-17(14-19(20)25-22(29)23(27)30)21(28)24-15-16-10-12-26(13-11-16)33(31,32)18-6-4-3-5-7-18/h3-9,14,16H,2,10-13,15H2,1H3,(H,24,28)(H,25,29). The summed E-state index contributed by atoms with van der Waals surface area (Å²) in [6, 6.07) is 13.2. The van der Waals surface area contributed by atoms with Crippen LogP contribution in [0.4, 0.5) is 0 Å². The first-order valence-corrected chi connectivity index (χ1v) is 12.4. The fourth-order valence-electron chi connectivity index (χ4n) is 4.17. The number of fused-ring (bicyclic) bond motifs is 1. The summed E-state index contributed by atoms with van der Waals surface area (Å²) >= 11 is 0. The fraction of sp³-hybridized carbons (Fsp3) is 0.348. The lowest BCUT2D eigenvalue weighted by molar-refractivity contribution is 0.0941. The molecular weight excluding hydrogens is 444 g/mol. The van der Waals surface area contributed by atoms with Crippen molar-refractivity contribution < 1.29 is 13.2 Å². The minimum atomic E-state index is -3.50. The van der Waals surface area contributed by atoms with Gasteiger partial charge in [-0.15, -0.1) is 0 Å². The Bertz CT molecular complexity index is 1390. The fourth-order valence-corrected chi connectivity index (χ4v) is 5.66. The summed E-state index contributed by atoms with van der Waals surface area (Å²) in [5.74, 6) is -0.118. The highest BCUT2D eigenvalue weighted by Crippen LogP contribution is 2.23. The number of nitrogens with one attached hydrogen (secondary N) is 2. The Morgan fingerprint density at radius 2 is 1.79 bits per heavy atom. The van der Waals surface area contributed by atoms with Crippen LogP contribution in [-0.2, 0) is 16.6 Å². The lowest BCUT2D eigenvalue weighted by Gasteiger charge is -2.31. The Morgan fingerprint density at radius 3 is 2.45 bits per heavy atom. The SMILES string of the molecule is CCn1c(=O)c(=O)[nH]c2cc(C(=O)NCC3CCN(S(=O)(=O)c4ccccc4)CC3)ccc21. The Kier molecular flexibility index (Phi) is 6.48. The molecule has 2 N–H and O–H groups in total. The summed E-state index contributed by atoms with van der Waals surface area (Å²) < 4.78 is 28.4. The van der Waals surface area contributed by atoms with Crippen molar-refractivity contribution in [1.82, 2.24) is 19.2 Å². The van der Waals surface area contributed by atoms with Crippen LogP contribution in [0.5, 0.6) is 0 Å². The summed E-state index contributed by atoms with van der Waals surface area (Å²) in [5, 5.41) is 2.91. The van der Waals surface area contributed by atoms with Crippen LogP contribution in [0.3, 0.4) is 0 Å². The molecule has 0 atom stereocenters. The molecule has 1 aliphatic rings. The lowest BCUT2D eigenvalue weighted by atomic mass is 9.98. The van der Waals surface area contributed by atoms with E-state index >= 15 is 0 Å². The van der Waals surface area contributed by atoms with Crippen molar-refractivity contribution in [3.05, 3.63) is 74.8 Å². The molecule has 2 heterocycles. The van der Waals surface area contributed by atoms with E-state index in [1.54, 1.807) is 55.5 Å². The molecule has 1 aliphatic heterocycles.